The largest absolute Gasteiger partial charge is 0.425 e. The second-order valence-electron chi connectivity index (χ2n) is 3.70. The van der Waals surface area contributed by atoms with Gasteiger partial charge in [-0.25, -0.2) is 0 Å². The van der Waals surface area contributed by atoms with Crippen LogP contribution in [0.3, 0.4) is 0 Å². The summed E-state index contributed by atoms with van der Waals surface area (Å²) in [6, 6.07) is 0. The van der Waals surface area contributed by atoms with Crippen LogP contribution < -0.4 is 0 Å². The van der Waals surface area contributed by atoms with Gasteiger partial charge in [-0.15, -0.1) is 0 Å². The highest BCUT2D eigenvalue weighted by atomic mass is 28.2. The van der Waals surface area contributed by atoms with Crippen molar-refractivity contribution in [2.45, 2.75) is 19.8 Å². The molecule has 13 heavy (non-hydrogen) atoms. The van der Waals surface area contributed by atoms with E-state index < -0.39 is 9.76 Å². The number of rotatable bonds is 7. The lowest BCUT2D eigenvalue weighted by Gasteiger charge is -2.40. The molecule has 0 bridgehead atoms. The van der Waals surface area contributed by atoms with Crippen molar-refractivity contribution in [1.29, 1.82) is 0 Å². The van der Waals surface area contributed by atoms with Crippen molar-refractivity contribution in [2.24, 2.45) is 5.41 Å². The average molecular weight is 204 g/mol. The molecule has 1 saturated heterocycles. The summed E-state index contributed by atoms with van der Waals surface area (Å²) in [6.45, 7) is 4.95. The minimum atomic E-state index is -0.390. The zero-order chi connectivity index (χ0) is 9.57. The summed E-state index contributed by atoms with van der Waals surface area (Å²) in [5, 5.41) is 0. The Morgan fingerprint density at radius 3 is 2.69 bits per heavy atom. The standard InChI is InChI=1S/C9H20O3Si/c1-3-9(6-12-7-9)4-5-11-8-13-10-2/h3-8,13H2,1-2H3. The molecule has 3 nitrogen and oxygen atoms in total. The van der Waals surface area contributed by atoms with E-state index in [1.165, 1.54) is 6.42 Å². The van der Waals surface area contributed by atoms with Crippen molar-refractivity contribution >= 4 is 9.76 Å². The Morgan fingerprint density at radius 1 is 1.46 bits per heavy atom. The summed E-state index contributed by atoms with van der Waals surface area (Å²) < 4.78 is 15.8. The predicted octanol–water partition coefficient (Wildman–Crippen LogP) is 0.507. The molecule has 1 heterocycles. The van der Waals surface area contributed by atoms with E-state index in [0.29, 0.717) is 5.41 Å². The molecule has 0 atom stereocenters. The molecule has 0 aliphatic carbocycles. The van der Waals surface area contributed by atoms with Gasteiger partial charge in [0.15, 0.2) is 9.76 Å². The van der Waals surface area contributed by atoms with Crippen LogP contribution in [-0.2, 0) is 13.9 Å². The number of hydrogen-bond acceptors (Lipinski definition) is 3. The molecule has 0 amide bonds. The molecular weight excluding hydrogens is 184 g/mol. The molecule has 78 valence electrons. The molecule has 0 aromatic rings. The van der Waals surface area contributed by atoms with Crippen molar-refractivity contribution in [3.63, 3.8) is 0 Å². The zero-order valence-electron chi connectivity index (χ0n) is 8.67. The van der Waals surface area contributed by atoms with Crippen molar-refractivity contribution < 1.29 is 13.9 Å². The Labute approximate surface area is 82.7 Å². The summed E-state index contributed by atoms with van der Waals surface area (Å²) in [7, 11) is 1.36. The van der Waals surface area contributed by atoms with E-state index in [1.54, 1.807) is 7.11 Å². The maximum absolute atomic E-state index is 5.49. The van der Waals surface area contributed by atoms with Crippen molar-refractivity contribution in [3.8, 4) is 0 Å². The SMILES string of the molecule is CCC1(CCOC[SiH2]OC)COC1. The van der Waals surface area contributed by atoms with Gasteiger partial charge < -0.3 is 13.9 Å². The fourth-order valence-electron chi connectivity index (χ4n) is 1.45. The molecule has 1 aliphatic heterocycles. The third-order valence-electron chi connectivity index (χ3n) is 2.78. The van der Waals surface area contributed by atoms with Gasteiger partial charge in [-0.2, -0.15) is 0 Å². The highest BCUT2D eigenvalue weighted by molar-refractivity contribution is 6.26. The molecule has 0 saturated carbocycles. The van der Waals surface area contributed by atoms with E-state index >= 15 is 0 Å². The van der Waals surface area contributed by atoms with E-state index in [0.717, 1.165) is 32.5 Å². The van der Waals surface area contributed by atoms with E-state index in [9.17, 15) is 0 Å². The van der Waals surface area contributed by atoms with Crippen LogP contribution in [0.15, 0.2) is 0 Å². The maximum Gasteiger partial charge on any atom is 0.186 e. The van der Waals surface area contributed by atoms with Gasteiger partial charge in [0.25, 0.3) is 0 Å². The fraction of sp³-hybridized carbons (Fsp3) is 1.00. The summed E-state index contributed by atoms with van der Waals surface area (Å²) in [5.41, 5.74) is 0.439. The lowest BCUT2D eigenvalue weighted by molar-refractivity contribution is -0.126. The smallest absolute Gasteiger partial charge is 0.186 e. The second-order valence-corrected chi connectivity index (χ2v) is 5.10. The van der Waals surface area contributed by atoms with E-state index in [-0.39, 0.29) is 0 Å². The van der Waals surface area contributed by atoms with Gasteiger partial charge in [0.05, 0.1) is 19.4 Å². The minimum Gasteiger partial charge on any atom is -0.425 e. The third-order valence-corrected chi connectivity index (χ3v) is 3.64. The van der Waals surface area contributed by atoms with Crippen LogP contribution in [0.1, 0.15) is 19.8 Å². The second kappa shape index (κ2) is 5.75. The molecular formula is C9H20O3Si. The third kappa shape index (κ3) is 3.38. The Kier molecular flexibility index (Phi) is 4.94. The van der Waals surface area contributed by atoms with Crippen molar-refractivity contribution in [3.05, 3.63) is 0 Å². The van der Waals surface area contributed by atoms with Gasteiger partial charge in [-0.3, -0.25) is 0 Å². The minimum absolute atomic E-state index is 0.390. The molecule has 4 heteroatoms. The number of ether oxygens (including phenoxy) is 2. The molecule has 1 fully saturated rings. The Hall–Kier alpha value is 0.0969. The first-order valence-corrected chi connectivity index (χ1v) is 6.55. The van der Waals surface area contributed by atoms with Crippen LogP contribution in [0, 0.1) is 5.41 Å². The fourth-order valence-corrected chi connectivity index (χ4v) is 1.94. The first-order valence-electron chi connectivity index (χ1n) is 4.97. The molecule has 0 aromatic heterocycles. The highest BCUT2D eigenvalue weighted by Gasteiger charge is 2.35. The molecule has 0 N–H and O–H groups in total. The summed E-state index contributed by atoms with van der Waals surface area (Å²) in [5.74, 6) is 0. The zero-order valence-corrected chi connectivity index (χ0v) is 10.1. The Bertz CT molecular complexity index is 131. The van der Waals surface area contributed by atoms with Gasteiger partial charge in [0.2, 0.25) is 0 Å². The highest BCUT2D eigenvalue weighted by Crippen LogP contribution is 2.34. The van der Waals surface area contributed by atoms with E-state index in [1.807, 2.05) is 0 Å². The van der Waals surface area contributed by atoms with Gasteiger partial charge in [-0.1, -0.05) is 6.92 Å². The summed E-state index contributed by atoms with van der Waals surface area (Å²) in [6.07, 6.45) is 3.19. The normalized spacial score (nSPS) is 20.8. The van der Waals surface area contributed by atoms with Crippen LogP contribution in [0.4, 0.5) is 0 Å². The maximum atomic E-state index is 5.49. The summed E-state index contributed by atoms with van der Waals surface area (Å²) >= 11 is 0. The van der Waals surface area contributed by atoms with Crippen LogP contribution >= 0.6 is 0 Å². The van der Waals surface area contributed by atoms with Crippen molar-refractivity contribution in [2.75, 3.05) is 33.2 Å². The van der Waals surface area contributed by atoms with Crippen molar-refractivity contribution in [1.82, 2.24) is 0 Å². The number of hydrogen-bond donors (Lipinski definition) is 0. The first kappa shape index (κ1) is 11.2. The molecule has 0 unspecified atom stereocenters. The molecule has 0 radical (unpaired) electrons. The predicted molar refractivity (Wildman–Crippen MR) is 54.5 cm³/mol. The van der Waals surface area contributed by atoms with Crippen LogP contribution in [-0.4, -0.2) is 42.9 Å². The molecule has 0 aromatic carbocycles. The lowest BCUT2D eigenvalue weighted by atomic mass is 9.80. The van der Waals surface area contributed by atoms with Crippen LogP contribution in [0.25, 0.3) is 0 Å². The topological polar surface area (TPSA) is 27.7 Å². The average Bonchev–Trinajstić information content (AvgIpc) is 2.09. The molecule has 1 aliphatic rings. The lowest BCUT2D eigenvalue weighted by Crippen LogP contribution is -2.42. The van der Waals surface area contributed by atoms with E-state index in [2.05, 4.69) is 6.92 Å². The Morgan fingerprint density at radius 2 is 2.23 bits per heavy atom. The quantitative estimate of drug-likeness (QED) is 0.447. The monoisotopic (exact) mass is 204 g/mol. The van der Waals surface area contributed by atoms with Gasteiger partial charge >= 0.3 is 0 Å². The van der Waals surface area contributed by atoms with Crippen LogP contribution in [0.5, 0.6) is 0 Å². The van der Waals surface area contributed by atoms with Gasteiger partial charge in [0.1, 0.15) is 0 Å². The molecule has 1 rings (SSSR count). The van der Waals surface area contributed by atoms with E-state index in [4.69, 9.17) is 13.9 Å². The molecule has 0 spiro atoms. The van der Waals surface area contributed by atoms with Gasteiger partial charge in [-0.05, 0) is 12.8 Å². The van der Waals surface area contributed by atoms with Gasteiger partial charge in [0, 0.05) is 19.1 Å². The summed E-state index contributed by atoms with van der Waals surface area (Å²) in [4.78, 5) is 0. The Balaban J connectivity index is 1.98. The first-order chi connectivity index (χ1) is 6.33. The van der Waals surface area contributed by atoms with Crippen LogP contribution in [0.2, 0.25) is 0 Å².